The van der Waals surface area contributed by atoms with Gasteiger partial charge in [-0.15, -0.1) is 0 Å². The highest BCUT2D eigenvalue weighted by Crippen LogP contribution is 2.08. The van der Waals surface area contributed by atoms with Crippen molar-refractivity contribution >= 4 is 6.21 Å². The number of rotatable bonds is 16. The molecule has 0 rings (SSSR count). The van der Waals surface area contributed by atoms with Crippen LogP contribution in [0.25, 0.3) is 0 Å². The SMILES string of the molecule is CCCCCCCCC/C=N/OCCCCCCCC. The summed E-state index contributed by atoms with van der Waals surface area (Å²) in [7, 11) is 0. The van der Waals surface area contributed by atoms with Gasteiger partial charge in [0, 0.05) is 6.21 Å². The second-order valence-corrected chi connectivity index (χ2v) is 5.80. The van der Waals surface area contributed by atoms with Gasteiger partial charge in [0.2, 0.25) is 0 Å². The largest absolute Gasteiger partial charge is 0.396 e. The lowest BCUT2D eigenvalue weighted by Crippen LogP contribution is -1.89. The summed E-state index contributed by atoms with van der Waals surface area (Å²) in [6.45, 7) is 5.31. The molecule has 0 amide bonds. The Morgan fingerprint density at radius 1 is 0.650 bits per heavy atom. The third kappa shape index (κ3) is 17.5. The van der Waals surface area contributed by atoms with Crippen LogP contribution >= 0.6 is 0 Å². The Labute approximate surface area is 127 Å². The van der Waals surface area contributed by atoms with Crippen LogP contribution in [0.3, 0.4) is 0 Å². The Balaban J connectivity index is 3.01. The van der Waals surface area contributed by atoms with Crippen LogP contribution in [0.4, 0.5) is 0 Å². The molecule has 0 saturated heterocycles. The third-order valence-electron chi connectivity index (χ3n) is 3.68. The van der Waals surface area contributed by atoms with Gasteiger partial charge in [0.05, 0.1) is 0 Å². The van der Waals surface area contributed by atoms with Gasteiger partial charge in [-0.2, -0.15) is 0 Å². The fourth-order valence-electron chi connectivity index (χ4n) is 2.30. The van der Waals surface area contributed by atoms with E-state index in [4.69, 9.17) is 4.84 Å². The van der Waals surface area contributed by atoms with E-state index >= 15 is 0 Å². The summed E-state index contributed by atoms with van der Waals surface area (Å²) >= 11 is 0. The number of nitrogens with zero attached hydrogens (tertiary/aromatic N) is 1. The minimum atomic E-state index is 0.791. The average molecular weight is 284 g/mol. The Hall–Kier alpha value is -0.530. The van der Waals surface area contributed by atoms with Crippen molar-refractivity contribution in [3.63, 3.8) is 0 Å². The summed E-state index contributed by atoms with van der Waals surface area (Å²) in [5.41, 5.74) is 0. The number of oxime groups is 1. The summed E-state index contributed by atoms with van der Waals surface area (Å²) < 4.78 is 0. The van der Waals surface area contributed by atoms with Crippen LogP contribution in [0.5, 0.6) is 0 Å². The zero-order valence-electron chi connectivity index (χ0n) is 14.0. The Morgan fingerprint density at radius 3 is 1.75 bits per heavy atom. The van der Waals surface area contributed by atoms with E-state index in [1.165, 1.54) is 77.0 Å². The van der Waals surface area contributed by atoms with Crippen molar-refractivity contribution in [1.29, 1.82) is 0 Å². The predicted octanol–water partition coefficient (Wildman–Crippen LogP) is 6.49. The van der Waals surface area contributed by atoms with Crippen LogP contribution < -0.4 is 0 Å². The second-order valence-electron chi connectivity index (χ2n) is 5.80. The third-order valence-corrected chi connectivity index (χ3v) is 3.68. The molecule has 0 aromatic carbocycles. The minimum absolute atomic E-state index is 0.791. The van der Waals surface area contributed by atoms with Gasteiger partial charge in [-0.1, -0.05) is 83.2 Å². The first-order valence-electron chi connectivity index (χ1n) is 9.05. The fourth-order valence-corrected chi connectivity index (χ4v) is 2.30. The highest BCUT2D eigenvalue weighted by atomic mass is 16.6. The van der Waals surface area contributed by atoms with E-state index in [0.717, 1.165) is 19.4 Å². The molecule has 0 heterocycles. The maximum absolute atomic E-state index is 5.27. The van der Waals surface area contributed by atoms with E-state index in [1.54, 1.807) is 0 Å². The van der Waals surface area contributed by atoms with Crippen molar-refractivity contribution in [2.75, 3.05) is 6.61 Å². The van der Waals surface area contributed by atoms with Crippen molar-refractivity contribution < 1.29 is 4.84 Å². The summed E-state index contributed by atoms with van der Waals surface area (Å²) in [4.78, 5) is 5.27. The molecule has 0 spiro atoms. The molecule has 0 aromatic rings. The first kappa shape index (κ1) is 19.5. The lowest BCUT2D eigenvalue weighted by Gasteiger charge is -2.00. The van der Waals surface area contributed by atoms with Crippen LogP contribution in [0.1, 0.15) is 104 Å². The predicted molar refractivity (Wildman–Crippen MR) is 90.4 cm³/mol. The lowest BCUT2D eigenvalue weighted by atomic mass is 10.1. The van der Waals surface area contributed by atoms with Crippen LogP contribution in [0.15, 0.2) is 5.16 Å². The van der Waals surface area contributed by atoms with Gasteiger partial charge in [0.25, 0.3) is 0 Å². The summed E-state index contributed by atoms with van der Waals surface area (Å²) in [6.07, 6.45) is 20.4. The van der Waals surface area contributed by atoms with Crippen molar-refractivity contribution in [3.8, 4) is 0 Å². The quantitative estimate of drug-likeness (QED) is 0.180. The molecule has 20 heavy (non-hydrogen) atoms. The van der Waals surface area contributed by atoms with E-state index in [0.29, 0.717) is 0 Å². The molecule has 120 valence electrons. The molecule has 0 atom stereocenters. The molecule has 2 heteroatoms. The smallest absolute Gasteiger partial charge is 0.117 e. The molecule has 0 radical (unpaired) electrons. The van der Waals surface area contributed by atoms with Gasteiger partial charge in [-0.3, -0.25) is 0 Å². The van der Waals surface area contributed by atoms with Gasteiger partial charge < -0.3 is 4.84 Å². The van der Waals surface area contributed by atoms with Crippen LogP contribution in [0, 0.1) is 0 Å². The molecule has 0 aromatic heterocycles. The van der Waals surface area contributed by atoms with Gasteiger partial charge in [-0.05, 0) is 25.7 Å². The molecule has 0 unspecified atom stereocenters. The molecule has 0 N–H and O–H groups in total. The normalized spacial score (nSPS) is 11.3. The van der Waals surface area contributed by atoms with Crippen molar-refractivity contribution in [1.82, 2.24) is 0 Å². The fraction of sp³-hybridized carbons (Fsp3) is 0.944. The van der Waals surface area contributed by atoms with Gasteiger partial charge in [0.15, 0.2) is 0 Å². The van der Waals surface area contributed by atoms with E-state index in [2.05, 4.69) is 19.0 Å². The summed E-state index contributed by atoms with van der Waals surface area (Å²) in [5.74, 6) is 0. The summed E-state index contributed by atoms with van der Waals surface area (Å²) in [6, 6.07) is 0. The monoisotopic (exact) mass is 283 g/mol. The van der Waals surface area contributed by atoms with E-state index < -0.39 is 0 Å². The van der Waals surface area contributed by atoms with Crippen LogP contribution in [-0.2, 0) is 4.84 Å². The van der Waals surface area contributed by atoms with E-state index in [1.807, 2.05) is 6.21 Å². The van der Waals surface area contributed by atoms with Gasteiger partial charge in [-0.25, -0.2) is 0 Å². The lowest BCUT2D eigenvalue weighted by molar-refractivity contribution is 0.140. The first-order valence-corrected chi connectivity index (χ1v) is 9.05. The van der Waals surface area contributed by atoms with Crippen molar-refractivity contribution in [2.24, 2.45) is 5.16 Å². The Kier molecular flexibility index (Phi) is 18.0. The van der Waals surface area contributed by atoms with Crippen molar-refractivity contribution in [3.05, 3.63) is 0 Å². The van der Waals surface area contributed by atoms with E-state index in [-0.39, 0.29) is 0 Å². The molecule has 0 fully saturated rings. The zero-order chi connectivity index (χ0) is 14.7. The molecule has 0 aliphatic heterocycles. The minimum Gasteiger partial charge on any atom is -0.396 e. The number of unbranched alkanes of at least 4 members (excludes halogenated alkanes) is 12. The topological polar surface area (TPSA) is 21.6 Å². The zero-order valence-corrected chi connectivity index (χ0v) is 14.0. The van der Waals surface area contributed by atoms with Crippen LogP contribution in [0.2, 0.25) is 0 Å². The first-order chi connectivity index (χ1) is 9.91. The molecular weight excluding hydrogens is 246 g/mol. The summed E-state index contributed by atoms with van der Waals surface area (Å²) in [5, 5.41) is 4.03. The average Bonchev–Trinajstić information content (AvgIpc) is 2.47. The molecule has 0 saturated carbocycles. The standard InChI is InChI=1S/C18H37NO/c1-3-5-7-9-11-12-13-15-17-19-20-18-16-14-10-8-6-4-2/h17H,3-16,18H2,1-2H3/b19-17+. The molecular formula is C18H37NO. The van der Waals surface area contributed by atoms with Gasteiger partial charge >= 0.3 is 0 Å². The highest BCUT2D eigenvalue weighted by molar-refractivity contribution is 5.56. The Bertz CT molecular complexity index is 172. The van der Waals surface area contributed by atoms with Gasteiger partial charge in [0.1, 0.15) is 6.61 Å². The Morgan fingerprint density at radius 2 is 1.15 bits per heavy atom. The highest BCUT2D eigenvalue weighted by Gasteiger charge is 1.91. The molecule has 0 aliphatic rings. The second kappa shape index (κ2) is 18.5. The number of hydrogen-bond donors (Lipinski definition) is 0. The maximum atomic E-state index is 5.27. The molecule has 2 nitrogen and oxygen atoms in total. The molecule has 0 aliphatic carbocycles. The maximum Gasteiger partial charge on any atom is 0.117 e. The van der Waals surface area contributed by atoms with E-state index in [9.17, 15) is 0 Å². The van der Waals surface area contributed by atoms with Crippen molar-refractivity contribution in [2.45, 2.75) is 104 Å². The van der Waals surface area contributed by atoms with Crippen LogP contribution in [-0.4, -0.2) is 12.8 Å². The molecule has 0 bridgehead atoms. The number of hydrogen-bond acceptors (Lipinski definition) is 2.